The summed E-state index contributed by atoms with van der Waals surface area (Å²) in [5, 5.41) is 0. The molecule has 1 aromatic carbocycles. The third kappa shape index (κ3) is 5.76. The van der Waals surface area contributed by atoms with E-state index in [9.17, 15) is 9.59 Å². The number of carbonyl (C=O) groups excluding carboxylic acids is 2. The molecule has 0 radical (unpaired) electrons. The molecule has 0 saturated carbocycles. The van der Waals surface area contributed by atoms with E-state index in [2.05, 4.69) is 11.7 Å². The molecule has 2 rings (SSSR count). The maximum atomic E-state index is 13.0. The summed E-state index contributed by atoms with van der Waals surface area (Å²) < 4.78 is 9.94. The molecule has 0 N–H and O–H groups in total. The zero-order chi connectivity index (χ0) is 18.1. The first-order valence-electron chi connectivity index (χ1n) is 9.24. The molecule has 1 saturated heterocycles. The molecule has 0 aromatic heterocycles. The molecular formula is C20H29NO4. The SMILES string of the molecule is CCCCC(C(=O)N1CCCCC1)c1ccc(OCC(=O)OC)cc1. The van der Waals surface area contributed by atoms with Gasteiger partial charge in [-0.1, -0.05) is 31.9 Å². The highest BCUT2D eigenvalue weighted by atomic mass is 16.6. The molecular weight excluding hydrogens is 318 g/mol. The topological polar surface area (TPSA) is 55.8 Å². The summed E-state index contributed by atoms with van der Waals surface area (Å²) in [6.07, 6.45) is 6.40. The third-order valence-electron chi connectivity index (χ3n) is 4.68. The Kier molecular flexibility index (Phi) is 7.76. The second-order valence-corrected chi connectivity index (χ2v) is 6.51. The molecule has 0 spiro atoms. The molecule has 1 aliphatic rings. The summed E-state index contributed by atoms with van der Waals surface area (Å²) in [4.78, 5) is 26.1. The summed E-state index contributed by atoms with van der Waals surface area (Å²) in [5.41, 5.74) is 1.02. The number of esters is 1. The second kappa shape index (κ2) is 10.1. The number of ether oxygens (including phenoxy) is 2. The molecule has 25 heavy (non-hydrogen) atoms. The number of benzene rings is 1. The lowest BCUT2D eigenvalue weighted by Gasteiger charge is -2.30. The molecule has 1 unspecified atom stereocenters. The number of unbranched alkanes of at least 4 members (excludes halogenated alkanes) is 1. The number of nitrogens with zero attached hydrogens (tertiary/aromatic N) is 1. The van der Waals surface area contributed by atoms with Crippen molar-refractivity contribution in [2.75, 3.05) is 26.8 Å². The zero-order valence-electron chi connectivity index (χ0n) is 15.3. The summed E-state index contributed by atoms with van der Waals surface area (Å²) in [6.45, 7) is 3.79. The highest BCUT2D eigenvalue weighted by Gasteiger charge is 2.26. The number of piperidine rings is 1. The van der Waals surface area contributed by atoms with Gasteiger partial charge in [-0.25, -0.2) is 4.79 Å². The van der Waals surface area contributed by atoms with Crippen molar-refractivity contribution in [1.82, 2.24) is 4.90 Å². The average molecular weight is 347 g/mol. The van der Waals surface area contributed by atoms with Gasteiger partial charge in [0.15, 0.2) is 6.61 Å². The Morgan fingerprint density at radius 2 is 1.80 bits per heavy atom. The van der Waals surface area contributed by atoms with E-state index in [1.807, 2.05) is 29.2 Å². The fraction of sp³-hybridized carbons (Fsp3) is 0.600. The van der Waals surface area contributed by atoms with Crippen molar-refractivity contribution in [3.05, 3.63) is 29.8 Å². The molecule has 5 nitrogen and oxygen atoms in total. The molecule has 0 bridgehead atoms. The molecule has 1 aliphatic heterocycles. The van der Waals surface area contributed by atoms with Gasteiger partial charge in [0.2, 0.25) is 5.91 Å². The highest BCUT2D eigenvalue weighted by Crippen LogP contribution is 2.27. The quantitative estimate of drug-likeness (QED) is 0.675. The first kappa shape index (κ1) is 19.3. The Bertz CT molecular complexity index is 549. The lowest BCUT2D eigenvalue weighted by atomic mass is 9.91. The third-order valence-corrected chi connectivity index (χ3v) is 4.68. The van der Waals surface area contributed by atoms with E-state index in [-0.39, 0.29) is 18.4 Å². The molecule has 5 heteroatoms. The van der Waals surface area contributed by atoms with Gasteiger partial charge in [0.05, 0.1) is 13.0 Å². The Morgan fingerprint density at radius 3 is 2.40 bits per heavy atom. The highest BCUT2D eigenvalue weighted by molar-refractivity contribution is 5.83. The van der Waals surface area contributed by atoms with Gasteiger partial charge in [-0.3, -0.25) is 4.79 Å². The number of likely N-dealkylation sites (tertiary alicyclic amines) is 1. The van der Waals surface area contributed by atoms with Crippen LogP contribution >= 0.6 is 0 Å². The minimum atomic E-state index is -0.412. The minimum absolute atomic E-state index is 0.0901. The second-order valence-electron chi connectivity index (χ2n) is 6.51. The van der Waals surface area contributed by atoms with Crippen LogP contribution in [0.2, 0.25) is 0 Å². The number of amides is 1. The maximum Gasteiger partial charge on any atom is 0.343 e. The van der Waals surface area contributed by atoms with Crippen LogP contribution in [-0.2, 0) is 14.3 Å². The van der Waals surface area contributed by atoms with E-state index in [1.54, 1.807) is 0 Å². The molecule has 1 heterocycles. The molecule has 1 aromatic rings. The van der Waals surface area contributed by atoms with Crippen molar-refractivity contribution >= 4 is 11.9 Å². The summed E-state index contributed by atoms with van der Waals surface area (Å²) in [6, 6.07) is 7.52. The van der Waals surface area contributed by atoms with Crippen LogP contribution in [0.15, 0.2) is 24.3 Å². The van der Waals surface area contributed by atoms with Gasteiger partial charge in [0.25, 0.3) is 0 Å². The van der Waals surface area contributed by atoms with Gasteiger partial charge in [-0.05, 0) is 43.4 Å². The van der Waals surface area contributed by atoms with E-state index in [1.165, 1.54) is 13.5 Å². The van der Waals surface area contributed by atoms with Gasteiger partial charge in [-0.2, -0.15) is 0 Å². The number of hydrogen-bond acceptors (Lipinski definition) is 4. The standard InChI is InChI=1S/C20H29NO4/c1-3-4-8-18(20(23)21-13-6-5-7-14-21)16-9-11-17(12-10-16)25-15-19(22)24-2/h9-12,18H,3-8,13-15H2,1-2H3. The molecule has 0 aliphatic carbocycles. The van der Waals surface area contributed by atoms with Crippen molar-refractivity contribution in [2.24, 2.45) is 0 Å². The van der Waals surface area contributed by atoms with Crippen LogP contribution in [0.25, 0.3) is 0 Å². The average Bonchev–Trinajstić information content (AvgIpc) is 2.67. The first-order chi connectivity index (χ1) is 12.2. The van der Waals surface area contributed by atoms with Crippen molar-refractivity contribution in [2.45, 2.75) is 51.4 Å². The van der Waals surface area contributed by atoms with E-state index in [4.69, 9.17) is 4.74 Å². The van der Waals surface area contributed by atoms with Crippen LogP contribution in [0.1, 0.15) is 56.9 Å². The number of methoxy groups -OCH3 is 1. The van der Waals surface area contributed by atoms with Crippen LogP contribution in [-0.4, -0.2) is 43.6 Å². The molecule has 1 fully saturated rings. The van der Waals surface area contributed by atoms with Crippen molar-refractivity contribution in [3.63, 3.8) is 0 Å². The molecule has 1 amide bonds. The first-order valence-corrected chi connectivity index (χ1v) is 9.24. The van der Waals surface area contributed by atoms with Gasteiger partial charge < -0.3 is 14.4 Å². The number of carbonyl (C=O) groups is 2. The van der Waals surface area contributed by atoms with E-state index >= 15 is 0 Å². The lowest BCUT2D eigenvalue weighted by Crippen LogP contribution is -2.38. The fourth-order valence-corrected chi connectivity index (χ4v) is 3.17. The van der Waals surface area contributed by atoms with Gasteiger partial charge in [0.1, 0.15) is 5.75 Å². The van der Waals surface area contributed by atoms with Crippen molar-refractivity contribution < 1.29 is 19.1 Å². The molecule has 1 atom stereocenters. The summed E-state index contributed by atoms with van der Waals surface area (Å²) in [5.74, 6) is 0.350. The number of hydrogen-bond donors (Lipinski definition) is 0. The van der Waals surface area contributed by atoms with Crippen LogP contribution in [0.3, 0.4) is 0 Å². The summed E-state index contributed by atoms with van der Waals surface area (Å²) >= 11 is 0. The van der Waals surface area contributed by atoms with E-state index < -0.39 is 5.97 Å². The van der Waals surface area contributed by atoms with E-state index in [0.717, 1.165) is 50.8 Å². The van der Waals surface area contributed by atoms with Crippen molar-refractivity contribution in [3.8, 4) is 5.75 Å². The Balaban J connectivity index is 2.05. The smallest absolute Gasteiger partial charge is 0.343 e. The van der Waals surface area contributed by atoms with E-state index in [0.29, 0.717) is 5.75 Å². The zero-order valence-corrected chi connectivity index (χ0v) is 15.3. The lowest BCUT2D eigenvalue weighted by molar-refractivity contribution is -0.143. The number of rotatable bonds is 8. The van der Waals surface area contributed by atoms with Gasteiger partial charge >= 0.3 is 5.97 Å². The fourth-order valence-electron chi connectivity index (χ4n) is 3.17. The Hall–Kier alpha value is -2.04. The maximum absolute atomic E-state index is 13.0. The minimum Gasteiger partial charge on any atom is -0.482 e. The summed E-state index contributed by atoms with van der Waals surface area (Å²) in [7, 11) is 1.33. The predicted octanol–water partition coefficient (Wildman–Crippen LogP) is 3.52. The normalized spacial score (nSPS) is 15.5. The van der Waals surface area contributed by atoms with Crippen molar-refractivity contribution in [1.29, 1.82) is 0 Å². The van der Waals surface area contributed by atoms with Crippen LogP contribution in [0, 0.1) is 0 Å². The Labute approximate surface area is 150 Å². The van der Waals surface area contributed by atoms with Gasteiger partial charge in [0, 0.05) is 13.1 Å². The van der Waals surface area contributed by atoms with Crippen LogP contribution in [0.5, 0.6) is 5.75 Å². The van der Waals surface area contributed by atoms with Crippen LogP contribution in [0.4, 0.5) is 0 Å². The largest absolute Gasteiger partial charge is 0.482 e. The monoisotopic (exact) mass is 347 g/mol. The predicted molar refractivity (Wildman–Crippen MR) is 96.7 cm³/mol. The molecule has 138 valence electrons. The van der Waals surface area contributed by atoms with Crippen LogP contribution < -0.4 is 4.74 Å². The van der Waals surface area contributed by atoms with Gasteiger partial charge in [-0.15, -0.1) is 0 Å². The Morgan fingerprint density at radius 1 is 1.12 bits per heavy atom.